The van der Waals surface area contributed by atoms with Gasteiger partial charge in [-0.05, 0) is 44.0 Å². The van der Waals surface area contributed by atoms with Gasteiger partial charge in [-0.3, -0.25) is 4.79 Å². The summed E-state index contributed by atoms with van der Waals surface area (Å²) in [5, 5.41) is 0. The molecule has 1 aliphatic rings. The molecule has 0 saturated heterocycles. The lowest BCUT2D eigenvalue weighted by Crippen LogP contribution is -2.36. The highest BCUT2D eigenvalue weighted by molar-refractivity contribution is 6.11. The number of fused-ring (bicyclic) bond motifs is 2. The zero-order valence-electron chi connectivity index (χ0n) is 12.7. The van der Waals surface area contributed by atoms with Crippen LogP contribution in [0.2, 0.25) is 0 Å². The fourth-order valence-electron chi connectivity index (χ4n) is 3.31. The van der Waals surface area contributed by atoms with Crippen LogP contribution in [0.25, 0.3) is 5.65 Å². The highest BCUT2D eigenvalue weighted by Crippen LogP contribution is 2.33. The van der Waals surface area contributed by atoms with E-state index in [1.165, 1.54) is 5.56 Å². The smallest absolute Gasteiger partial charge is 0.262 e. The third kappa shape index (κ3) is 1.84. The van der Waals surface area contributed by atoms with Gasteiger partial charge in [-0.2, -0.15) is 0 Å². The molecule has 1 amide bonds. The molecule has 22 heavy (non-hydrogen) atoms. The van der Waals surface area contributed by atoms with E-state index in [0.29, 0.717) is 5.56 Å². The number of nitrogens with zero attached hydrogens (tertiary/aromatic N) is 3. The molecule has 0 radical (unpaired) electrons. The van der Waals surface area contributed by atoms with E-state index in [-0.39, 0.29) is 11.9 Å². The first kappa shape index (κ1) is 13.1. The largest absolute Gasteiger partial charge is 0.306 e. The SMILES string of the molecule is Cc1cn2cccc(C(=O)N3c4ccccc4CC3C)c2n1. The Labute approximate surface area is 129 Å². The van der Waals surface area contributed by atoms with Crippen molar-refractivity contribution in [2.45, 2.75) is 26.3 Å². The van der Waals surface area contributed by atoms with Crippen molar-refractivity contribution in [1.82, 2.24) is 9.38 Å². The van der Waals surface area contributed by atoms with E-state index < -0.39 is 0 Å². The van der Waals surface area contributed by atoms with Crippen LogP contribution in [-0.4, -0.2) is 21.3 Å². The normalized spacial score (nSPS) is 17.0. The minimum absolute atomic E-state index is 0.0219. The summed E-state index contributed by atoms with van der Waals surface area (Å²) in [5.41, 5.74) is 4.54. The lowest BCUT2D eigenvalue weighted by Gasteiger charge is -2.23. The van der Waals surface area contributed by atoms with E-state index in [4.69, 9.17) is 0 Å². The first-order chi connectivity index (χ1) is 10.6. The summed E-state index contributed by atoms with van der Waals surface area (Å²) >= 11 is 0. The molecule has 0 spiro atoms. The van der Waals surface area contributed by atoms with Gasteiger partial charge in [0.15, 0.2) is 0 Å². The number of para-hydroxylation sites is 1. The Balaban J connectivity index is 1.84. The molecule has 4 rings (SSSR count). The van der Waals surface area contributed by atoms with Crippen LogP contribution in [0.15, 0.2) is 48.8 Å². The number of pyridine rings is 1. The van der Waals surface area contributed by atoms with Crippen LogP contribution >= 0.6 is 0 Å². The van der Waals surface area contributed by atoms with E-state index in [1.807, 2.05) is 58.9 Å². The van der Waals surface area contributed by atoms with Crippen molar-refractivity contribution in [3.05, 3.63) is 65.6 Å². The molecule has 4 nitrogen and oxygen atoms in total. The number of carbonyl (C=O) groups is 1. The molecular weight excluding hydrogens is 274 g/mol. The number of hydrogen-bond acceptors (Lipinski definition) is 2. The molecule has 0 bridgehead atoms. The Hall–Kier alpha value is -2.62. The Morgan fingerprint density at radius 2 is 2.05 bits per heavy atom. The van der Waals surface area contributed by atoms with Gasteiger partial charge in [0.05, 0.1) is 11.3 Å². The average Bonchev–Trinajstić information content (AvgIpc) is 3.04. The number of carbonyl (C=O) groups excluding carboxylic acids is 1. The van der Waals surface area contributed by atoms with E-state index in [1.54, 1.807) is 0 Å². The second-order valence-electron chi connectivity index (χ2n) is 5.89. The van der Waals surface area contributed by atoms with Crippen molar-refractivity contribution in [1.29, 1.82) is 0 Å². The summed E-state index contributed by atoms with van der Waals surface area (Å²) in [7, 11) is 0. The van der Waals surface area contributed by atoms with Crippen LogP contribution in [0.3, 0.4) is 0 Å². The van der Waals surface area contributed by atoms with E-state index in [9.17, 15) is 4.79 Å². The molecule has 0 saturated carbocycles. The lowest BCUT2D eigenvalue weighted by atomic mass is 10.1. The summed E-state index contributed by atoms with van der Waals surface area (Å²) in [6, 6.07) is 12.1. The van der Waals surface area contributed by atoms with Crippen LogP contribution in [-0.2, 0) is 6.42 Å². The van der Waals surface area contributed by atoms with Crippen LogP contribution < -0.4 is 4.90 Å². The number of aromatic nitrogens is 2. The summed E-state index contributed by atoms with van der Waals surface area (Å²) in [6.45, 7) is 4.03. The average molecular weight is 291 g/mol. The van der Waals surface area contributed by atoms with Gasteiger partial charge in [0.2, 0.25) is 0 Å². The molecule has 1 aromatic carbocycles. The van der Waals surface area contributed by atoms with Crippen molar-refractivity contribution in [2.75, 3.05) is 4.90 Å². The summed E-state index contributed by atoms with van der Waals surface area (Å²) in [6.07, 6.45) is 4.76. The van der Waals surface area contributed by atoms with Crippen LogP contribution in [0.1, 0.15) is 28.5 Å². The maximum Gasteiger partial charge on any atom is 0.262 e. The molecule has 0 fully saturated rings. The molecule has 0 N–H and O–H groups in total. The number of hydrogen-bond donors (Lipinski definition) is 0. The molecule has 0 aliphatic carbocycles. The van der Waals surface area contributed by atoms with Gasteiger partial charge >= 0.3 is 0 Å². The predicted molar refractivity (Wildman–Crippen MR) is 86.3 cm³/mol. The maximum atomic E-state index is 13.1. The second-order valence-corrected chi connectivity index (χ2v) is 5.89. The quantitative estimate of drug-likeness (QED) is 0.690. The van der Waals surface area contributed by atoms with E-state index in [0.717, 1.165) is 23.4 Å². The Kier molecular flexibility index (Phi) is 2.79. The zero-order valence-corrected chi connectivity index (χ0v) is 12.7. The number of benzene rings is 1. The minimum atomic E-state index is 0.0219. The molecule has 4 heteroatoms. The minimum Gasteiger partial charge on any atom is -0.306 e. The number of aryl methyl sites for hydroxylation is 1. The predicted octanol–water partition coefficient (Wildman–Crippen LogP) is 3.23. The number of imidazole rings is 1. The molecule has 1 unspecified atom stereocenters. The summed E-state index contributed by atoms with van der Waals surface area (Å²) < 4.78 is 1.91. The fraction of sp³-hybridized carbons (Fsp3) is 0.222. The van der Waals surface area contributed by atoms with Crippen LogP contribution in [0.5, 0.6) is 0 Å². The standard InChI is InChI=1S/C18H17N3O/c1-12-11-20-9-5-7-15(17(20)19-12)18(22)21-13(2)10-14-6-3-4-8-16(14)21/h3-9,11,13H,10H2,1-2H3. The maximum absolute atomic E-state index is 13.1. The zero-order chi connectivity index (χ0) is 15.3. The van der Waals surface area contributed by atoms with E-state index in [2.05, 4.69) is 18.0 Å². The topological polar surface area (TPSA) is 37.6 Å². The highest BCUT2D eigenvalue weighted by Gasteiger charge is 2.32. The third-order valence-electron chi connectivity index (χ3n) is 4.26. The van der Waals surface area contributed by atoms with Crippen LogP contribution in [0.4, 0.5) is 5.69 Å². The first-order valence-electron chi connectivity index (χ1n) is 7.51. The van der Waals surface area contributed by atoms with Gasteiger partial charge in [0, 0.05) is 24.1 Å². The van der Waals surface area contributed by atoms with Gasteiger partial charge in [0.25, 0.3) is 5.91 Å². The molecule has 3 aromatic rings. The number of anilines is 1. The lowest BCUT2D eigenvalue weighted by molar-refractivity contribution is 0.0982. The van der Waals surface area contributed by atoms with Crippen molar-refractivity contribution < 1.29 is 4.79 Å². The van der Waals surface area contributed by atoms with Crippen molar-refractivity contribution in [3.63, 3.8) is 0 Å². The van der Waals surface area contributed by atoms with Gasteiger partial charge in [-0.25, -0.2) is 4.98 Å². The monoisotopic (exact) mass is 291 g/mol. The van der Waals surface area contributed by atoms with Gasteiger partial charge < -0.3 is 9.30 Å². The van der Waals surface area contributed by atoms with Gasteiger partial charge in [-0.1, -0.05) is 18.2 Å². The molecule has 1 aliphatic heterocycles. The van der Waals surface area contributed by atoms with Crippen molar-refractivity contribution >= 4 is 17.2 Å². The van der Waals surface area contributed by atoms with Gasteiger partial charge in [0.1, 0.15) is 5.65 Å². The fourth-order valence-corrected chi connectivity index (χ4v) is 3.31. The molecule has 3 heterocycles. The molecule has 2 aromatic heterocycles. The van der Waals surface area contributed by atoms with Crippen molar-refractivity contribution in [2.24, 2.45) is 0 Å². The Morgan fingerprint density at radius 3 is 2.91 bits per heavy atom. The van der Waals surface area contributed by atoms with Crippen LogP contribution in [0, 0.1) is 6.92 Å². The first-order valence-corrected chi connectivity index (χ1v) is 7.51. The summed E-state index contributed by atoms with van der Waals surface area (Å²) in [5.74, 6) is 0.0219. The van der Waals surface area contributed by atoms with E-state index >= 15 is 0 Å². The second kappa shape index (κ2) is 4.70. The molecule has 1 atom stereocenters. The molecule has 110 valence electrons. The number of amides is 1. The Morgan fingerprint density at radius 1 is 1.23 bits per heavy atom. The molecular formula is C18H17N3O. The number of rotatable bonds is 1. The van der Waals surface area contributed by atoms with Crippen molar-refractivity contribution in [3.8, 4) is 0 Å². The summed E-state index contributed by atoms with van der Waals surface area (Å²) in [4.78, 5) is 19.5. The third-order valence-corrected chi connectivity index (χ3v) is 4.26. The highest BCUT2D eigenvalue weighted by atomic mass is 16.2. The van der Waals surface area contributed by atoms with Gasteiger partial charge in [-0.15, -0.1) is 0 Å². The Bertz CT molecular complexity index is 881.